The average Bonchev–Trinajstić information content (AvgIpc) is 1.96. The van der Waals surface area contributed by atoms with E-state index in [1.165, 1.54) is 0 Å². The molecule has 0 saturated carbocycles. The number of aliphatic hydroxyl groups is 1. The van der Waals surface area contributed by atoms with Gasteiger partial charge in [0.05, 0.1) is 18.6 Å². The Morgan fingerprint density at radius 3 is 2.13 bits per heavy atom. The summed E-state index contributed by atoms with van der Waals surface area (Å²) in [5.41, 5.74) is 0. The van der Waals surface area contributed by atoms with Gasteiger partial charge in [0.15, 0.2) is 0 Å². The van der Waals surface area contributed by atoms with Gasteiger partial charge in [-0.2, -0.15) is 4.31 Å². The molecular weight excluding hydrogens is 284 g/mol. The van der Waals surface area contributed by atoms with Crippen LogP contribution in [0.1, 0.15) is 1.43 Å². The van der Waals surface area contributed by atoms with Crippen molar-refractivity contribution in [2.24, 2.45) is 0 Å². The van der Waals surface area contributed by atoms with Crippen molar-refractivity contribution in [1.29, 1.82) is 0 Å². The summed E-state index contributed by atoms with van der Waals surface area (Å²) in [5.74, 6) is -0.254. The minimum atomic E-state index is -5.11. The van der Waals surface area contributed by atoms with Gasteiger partial charge in [0.2, 0.25) is 0 Å². The molecule has 0 aliphatic rings. The molecule has 15 heavy (non-hydrogen) atoms. The van der Waals surface area contributed by atoms with Crippen molar-refractivity contribution in [2.75, 3.05) is 12.5 Å². The molecule has 0 heterocycles. The summed E-state index contributed by atoms with van der Waals surface area (Å²) in [7, 11) is -9.97. The van der Waals surface area contributed by atoms with Crippen LogP contribution < -0.4 is 29.6 Å². The maximum atomic E-state index is 10.7. The second-order valence-corrected chi connectivity index (χ2v) is 5.28. The van der Waals surface area contributed by atoms with Crippen LogP contribution in [0.3, 0.4) is 0 Å². The van der Waals surface area contributed by atoms with E-state index in [0.717, 1.165) is 0 Å². The summed E-state index contributed by atoms with van der Waals surface area (Å²) < 4.78 is 28.3. The molecule has 2 atom stereocenters. The topological polar surface area (TPSA) is 134 Å². The summed E-state index contributed by atoms with van der Waals surface area (Å²) in [6.45, 7) is -0.669. The molecular formula is C3H10ClNaO8P2. The van der Waals surface area contributed by atoms with Crippen LogP contribution in [0, 0.1) is 0 Å². The van der Waals surface area contributed by atoms with Crippen LogP contribution in [0.4, 0.5) is 0 Å². The molecule has 0 aromatic rings. The van der Waals surface area contributed by atoms with Gasteiger partial charge in [-0.1, -0.05) is 0 Å². The maximum absolute atomic E-state index is 10.7. The first kappa shape index (κ1) is 18.9. The summed E-state index contributed by atoms with van der Waals surface area (Å²) in [6, 6.07) is 0. The third-order valence-corrected chi connectivity index (χ3v) is 3.33. The van der Waals surface area contributed by atoms with E-state index in [-0.39, 0.29) is 36.9 Å². The van der Waals surface area contributed by atoms with Gasteiger partial charge in [-0.3, -0.25) is 4.52 Å². The molecule has 0 spiro atoms. The Morgan fingerprint density at radius 1 is 1.33 bits per heavy atom. The van der Waals surface area contributed by atoms with Gasteiger partial charge in [-0.15, -0.1) is 11.6 Å². The van der Waals surface area contributed by atoms with Crippen LogP contribution in [0.15, 0.2) is 0 Å². The molecule has 0 aliphatic carbocycles. The Labute approximate surface area is 114 Å². The van der Waals surface area contributed by atoms with Crippen LogP contribution in [0.25, 0.3) is 0 Å². The standard InChI is InChI=1S/C3H9ClO8P2.Na.H/c4-1-3(5)2-11-14(9,10)12-13(6,7)8;;/h3,5H,1-2H2,(H,9,10)(H2,6,7,8);;/q;+1;-1. The summed E-state index contributed by atoms with van der Waals surface area (Å²) >= 11 is 5.12. The molecule has 0 aliphatic heterocycles. The molecule has 4 N–H and O–H groups in total. The molecule has 0 amide bonds. The predicted octanol–water partition coefficient (Wildman–Crippen LogP) is -3.07. The van der Waals surface area contributed by atoms with Crippen molar-refractivity contribution in [3.63, 3.8) is 0 Å². The van der Waals surface area contributed by atoms with Crippen molar-refractivity contribution in [2.45, 2.75) is 6.10 Å². The van der Waals surface area contributed by atoms with E-state index < -0.39 is 28.4 Å². The fourth-order valence-electron chi connectivity index (χ4n) is 0.383. The summed E-state index contributed by atoms with van der Waals surface area (Å²) in [6.07, 6.45) is -1.22. The van der Waals surface area contributed by atoms with Gasteiger partial charge in [0.1, 0.15) is 0 Å². The Kier molecular flexibility index (Phi) is 9.76. The summed E-state index contributed by atoms with van der Waals surface area (Å²) in [4.78, 5) is 25.0. The molecule has 2 unspecified atom stereocenters. The Hall–Kier alpha value is 1.51. The molecule has 0 saturated heterocycles. The largest absolute Gasteiger partial charge is 1.00 e. The molecule has 0 radical (unpaired) electrons. The first-order chi connectivity index (χ1) is 6.16. The number of halogens is 1. The van der Waals surface area contributed by atoms with E-state index in [4.69, 9.17) is 31.4 Å². The van der Waals surface area contributed by atoms with Crippen LogP contribution in [0.5, 0.6) is 0 Å². The van der Waals surface area contributed by atoms with Gasteiger partial charge in [-0.05, 0) is 0 Å². The smallest absolute Gasteiger partial charge is 1.00 e. The zero-order chi connectivity index (χ0) is 11.4. The van der Waals surface area contributed by atoms with E-state index in [1.54, 1.807) is 0 Å². The predicted molar refractivity (Wildman–Crippen MR) is 46.7 cm³/mol. The second kappa shape index (κ2) is 7.76. The van der Waals surface area contributed by atoms with Gasteiger partial charge in [0.25, 0.3) is 0 Å². The number of phosphoric acid groups is 2. The van der Waals surface area contributed by atoms with Crippen molar-refractivity contribution >= 4 is 27.2 Å². The maximum Gasteiger partial charge on any atom is 1.00 e. The van der Waals surface area contributed by atoms with E-state index >= 15 is 0 Å². The van der Waals surface area contributed by atoms with E-state index in [2.05, 4.69) is 8.83 Å². The van der Waals surface area contributed by atoms with Crippen molar-refractivity contribution in [3.8, 4) is 0 Å². The minimum absolute atomic E-state index is 0. The third kappa shape index (κ3) is 11.8. The van der Waals surface area contributed by atoms with E-state index in [0.29, 0.717) is 0 Å². The first-order valence-corrected chi connectivity index (χ1v) is 6.70. The fourth-order valence-corrected chi connectivity index (χ4v) is 2.10. The SMILES string of the molecule is O=P(O)(O)OP(=O)(O)OCC(O)CCl.[H-].[Na+]. The zero-order valence-electron chi connectivity index (χ0n) is 8.69. The van der Waals surface area contributed by atoms with E-state index in [9.17, 15) is 9.13 Å². The van der Waals surface area contributed by atoms with Crippen molar-refractivity contribution in [3.05, 3.63) is 0 Å². The van der Waals surface area contributed by atoms with Gasteiger partial charge in [0, 0.05) is 0 Å². The van der Waals surface area contributed by atoms with Crippen molar-refractivity contribution in [1.82, 2.24) is 0 Å². The molecule has 0 fully saturated rings. The quantitative estimate of drug-likeness (QED) is 0.230. The number of alkyl halides is 1. The van der Waals surface area contributed by atoms with Crippen LogP contribution in [-0.4, -0.2) is 38.4 Å². The molecule has 8 nitrogen and oxygen atoms in total. The van der Waals surface area contributed by atoms with Gasteiger partial charge in [-0.25, -0.2) is 9.13 Å². The molecule has 0 aromatic carbocycles. The third-order valence-electron chi connectivity index (χ3n) is 0.818. The molecule has 0 rings (SSSR count). The summed E-state index contributed by atoms with van der Waals surface area (Å²) in [5, 5.41) is 8.78. The number of hydrogen-bond donors (Lipinski definition) is 4. The Morgan fingerprint density at radius 2 is 1.80 bits per heavy atom. The monoisotopic (exact) mass is 294 g/mol. The molecule has 0 aromatic heterocycles. The Balaban J connectivity index is -0.000000845. The van der Waals surface area contributed by atoms with Crippen molar-refractivity contribution < 1.29 is 68.7 Å². The normalized spacial score (nSPS) is 17.7. The van der Waals surface area contributed by atoms with Crippen LogP contribution in [-0.2, 0) is 18.0 Å². The number of rotatable bonds is 6. The second-order valence-electron chi connectivity index (χ2n) is 2.14. The molecule has 88 valence electrons. The molecule has 0 bridgehead atoms. The number of aliphatic hydroxyl groups excluding tert-OH is 1. The van der Waals surface area contributed by atoms with Crippen LogP contribution >= 0.6 is 27.2 Å². The zero-order valence-corrected chi connectivity index (χ0v) is 12.2. The Bertz CT molecular complexity index is 272. The number of hydrogen-bond acceptors (Lipinski definition) is 5. The fraction of sp³-hybridized carbons (Fsp3) is 1.00. The van der Waals surface area contributed by atoms with Crippen LogP contribution in [0.2, 0.25) is 0 Å². The number of phosphoric ester groups is 1. The average molecular weight is 294 g/mol. The first-order valence-electron chi connectivity index (χ1n) is 3.14. The van der Waals surface area contributed by atoms with E-state index in [1.807, 2.05) is 0 Å². The minimum Gasteiger partial charge on any atom is -1.00 e. The van der Waals surface area contributed by atoms with Gasteiger partial charge >= 0.3 is 45.2 Å². The van der Waals surface area contributed by atoms with Gasteiger partial charge < -0.3 is 21.2 Å². The molecule has 12 heteroatoms.